The lowest BCUT2D eigenvalue weighted by molar-refractivity contribution is 0.590. The molecule has 5 heteroatoms. The number of furan rings is 1. The molecule has 320 valence electrons. The van der Waals surface area contributed by atoms with E-state index in [4.69, 9.17) is 4.42 Å². The normalized spacial score (nSPS) is 14.4. The van der Waals surface area contributed by atoms with Crippen LogP contribution in [0.1, 0.15) is 77.6 Å². The van der Waals surface area contributed by atoms with Crippen LogP contribution in [0.3, 0.4) is 0 Å². The summed E-state index contributed by atoms with van der Waals surface area (Å²) < 4.78 is 9.82. The van der Waals surface area contributed by atoms with Crippen molar-refractivity contribution in [2.75, 3.05) is 9.80 Å². The van der Waals surface area contributed by atoms with Crippen LogP contribution < -0.4 is 20.7 Å². The number of rotatable bonds is 4. The van der Waals surface area contributed by atoms with Crippen LogP contribution in [0.15, 0.2) is 174 Å². The topological polar surface area (TPSA) is 24.6 Å². The van der Waals surface area contributed by atoms with E-state index in [2.05, 4.69) is 240 Å². The summed E-state index contributed by atoms with van der Waals surface area (Å²) in [6.07, 6.45) is 0. The van der Waals surface area contributed by atoms with Gasteiger partial charge in [0.1, 0.15) is 11.2 Å². The second-order valence-corrected chi connectivity index (χ2v) is 21.4. The van der Waals surface area contributed by atoms with Crippen molar-refractivity contribution >= 4 is 84.7 Å². The Hall–Kier alpha value is -7.24. The maximum atomic E-state index is 7.08. The Morgan fingerprint density at radius 1 is 0.545 bits per heavy atom. The summed E-state index contributed by atoms with van der Waals surface area (Å²) in [7, 11) is 0. The molecule has 0 N–H and O–H groups in total. The fraction of sp³-hybridized carbons (Fsp3) is 0.180. The second kappa shape index (κ2) is 13.4. The van der Waals surface area contributed by atoms with Crippen molar-refractivity contribution < 1.29 is 4.42 Å². The quantitative estimate of drug-likeness (QED) is 0.165. The van der Waals surface area contributed by atoms with Crippen LogP contribution in [0.5, 0.6) is 0 Å². The number of para-hydroxylation sites is 3. The summed E-state index contributed by atoms with van der Waals surface area (Å²) in [5, 5.41) is 3.58. The second-order valence-electron chi connectivity index (χ2n) is 21.4. The van der Waals surface area contributed by atoms with Crippen molar-refractivity contribution in [3.63, 3.8) is 0 Å². The molecule has 1 aliphatic carbocycles. The summed E-state index contributed by atoms with van der Waals surface area (Å²) in [6, 6.07) is 63.7. The molecule has 13 rings (SSSR count). The van der Waals surface area contributed by atoms with Crippen LogP contribution in [0.4, 0.5) is 34.1 Å². The number of nitrogens with zero attached hydrogens (tertiary/aromatic N) is 3. The minimum atomic E-state index is -0.202. The number of aromatic nitrogens is 1. The van der Waals surface area contributed by atoms with Crippen molar-refractivity contribution in [1.82, 2.24) is 4.48 Å². The van der Waals surface area contributed by atoms with E-state index >= 15 is 0 Å². The fourth-order valence-electron chi connectivity index (χ4n) is 11.9. The van der Waals surface area contributed by atoms with E-state index in [0.717, 1.165) is 44.7 Å². The number of hydrogen-bond acceptors (Lipinski definition) is 3. The minimum Gasteiger partial charge on any atom is -0.455 e. The highest BCUT2D eigenvalue weighted by molar-refractivity contribution is 6.90. The van der Waals surface area contributed by atoms with Gasteiger partial charge < -0.3 is 18.7 Å². The molecule has 0 fully saturated rings. The van der Waals surface area contributed by atoms with Crippen molar-refractivity contribution in [2.45, 2.75) is 71.6 Å². The molecular formula is C61H52BN3O. The van der Waals surface area contributed by atoms with E-state index < -0.39 is 0 Å². The average molecular weight is 854 g/mol. The molecule has 8 aromatic carbocycles. The first-order chi connectivity index (χ1) is 31.8. The maximum absolute atomic E-state index is 7.08. The van der Waals surface area contributed by atoms with Crippen LogP contribution in [-0.4, -0.2) is 11.3 Å². The molecule has 0 spiro atoms. The van der Waals surface area contributed by atoms with Gasteiger partial charge in [-0.15, -0.1) is 0 Å². The summed E-state index contributed by atoms with van der Waals surface area (Å²) in [5.41, 5.74) is 22.8. The molecule has 0 saturated heterocycles. The standard InChI is InChI=1S/C61H52BN3O/c1-59(2,3)37-25-29-40(30-26-37)63(41-31-27-38(28-32-41)60(4,5)6)42-33-34-50-49(35-42)62-55-51(64(50)39-17-10-9-11-18-39)36-47-43-19-13-15-24-52(43)66-58(47)53(55)45-21-16-22-46-54-57(65(62)56(45)46)44-20-12-14-23-48(44)61(54,7)8/h9-36H,1-8H3. The highest BCUT2D eigenvalue weighted by Crippen LogP contribution is 2.57. The van der Waals surface area contributed by atoms with Gasteiger partial charge >= 0.3 is 6.85 Å². The van der Waals surface area contributed by atoms with E-state index in [1.165, 1.54) is 77.8 Å². The zero-order valence-corrected chi connectivity index (χ0v) is 39.0. The van der Waals surface area contributed by atoms with E-state index in [0.29, 0.717) is 0 Å². The number of hydrogen-bond donors (Lipinski definition) is 0. The Bertz CT molecular complexity index is 3580. The summed E-state index contributed by atoms with van der Waals surface area (Å²) in [4.78, 5) is 4.97. The third-order valence-electron chi connectivity index (χ3n) is 15.0. The third-order valence-corrected chi connectivity index (χ3v) is 15.0. The van der Waals surface area contributed by atoms with Gasteiger partial charge in [0.2, 0.25) is 0 Å². The van der Waals surface area contributed by atoms with Crippen LogP contribution >= 0.6 is 0 Å². The van der Waals surface area contributed by atoms with Gasteiger partial charge in [-0.1, -0.05) is 159 Å². The van der Waals surface area contributed by atoms with E-state index in [9.17, 15) is 0 Å². The Morgan fingerprint density at radius 3 is 1.85 bits per heavy atom. The number of fused-ring (bicyclic) bond motifs is 13. The predicted molar refractivity (Wildman–Crippen MR) is 279 cm³/mol. The van der Waals surface area contributed by atoms with Crippen LogP contribution in [0.25, 0.3) is 55.2 Å². The van der Waals surface area contributed by atoms with Crippen molar-refractivity contribution in [3.8, 4) is 22.4 Å². The predicted octanol–water partition coefficient (Wildman–Crippen LogP) is 15.3. The zero-order chi connectivity index (χ0) is 45.0. The molecule has 0 unspecified atom stereocenters. The van der Waals surface area contributed by atoms with Gasteiger partial charge in [-0.05, 0) is 111 Å². The van der Waals surface area contributed by atoms with Gasteiger partial charge in [-0.25, -0.2) is 0 Å². The molecule has 3 aliphatic rings. The molecule has 0 radical (unpaired) electrons. The van der Waals surface area contributed by atoms with Crippen molar-refractivity contribution in [2.24, 2.45) is 0 Å². The molecule has 66 heavy (non-hydrogen) atoms. The highest BCUT2D eigenvalue weighted by atomic mass is 16.3. The summed E-state index contributed by atoms with van der Waals surface area (Å²) in [5.74, 6) is 0. The molecule has 0 atom stereocenters. The smallest absolute Gasteiger partial charge is 0.333 e. The zero-order valence-electron chi connectivity index (χ0n) is 39.0. The van der Waals surface area contributed by atoms with E-state index in [1.807, 2.05) is 0 Å². The number of benzene rings is 8. The third kappa shape index (κ3) is 5.34. The van der Waals surface area contributed by atoms with Gasteiger partial charge in [0.05, 0.1) is 0 Å². The van der Waals surface area contributed by atoms with Crippen LogP contribution in [0.2, 0.25) is 0 Å². The molecule has 0 saturated carbocycles. The van der Waals surface area contributed by atoms with Crippen LogP contribution in [0, 0.1) is 0 Å². The Labute approximate surface area is 387 Å². The first kappa shape index (κ1) is 39.2. The highest BCUT2D eigenvalue weighted by Gasteiger charge is 2.49. The Morgan fingerprint density at radius 2 is 1.15 bits per heavy atom. The lowest BCUT2D eigenvalue weighted by Gasteiger charge is -2.41. The maximum Gasteiger partial charge on any atom is 0.333 e. The van der Waals surface area contributed by atoms with Gasteiger partial charge in [0, 0.05) is 83.6 Å². The first-order valence-electron chi connectivity index (χ1n) is 23.6. The first-order valence-corrected chi connectivity index (χ1v) is 23.6. The Kier molecular flexibility index (Phi) is 7.96. The molecule has 4 nitrogen and oxygen atoms in total. The van der Waals surface area contributed by atoms with Gasteiger partial charge in [0.25, 0.3) is 0 Å². The van der Waals surface area contributed by atoms with Gasteiger partial charge in [-0.2, -0.15) is 0 Å². The van der Waals surface area contributed by atoms with Crippen molar-refractivity contribution in [1.29, 1.82) is 0 Å². The van der Waals surface area contributed by atoms with E-state index in [-0.39, 0.29) is 23.1 Å². The summed E-state index contributed by atoms with van der Waals surface area (Å²) >= 11 is 0. The van der Waals surface area contributed by atoms with E-state index in [1.54, 1.807) is 0 Å². The summed E-state index contributed by atoms with van der Waals surface area (Å²) in [6.45, 7) is 18.4. The molecular weight excluding hydrogens is 802 g/mol. The van der Waals surface area contributed by atoms with Crippen LogP contribution in [-0.2, 0) is 16.2 Å². The Balaban J connectivity index is 1.16. The largest absolute Gasteiger partial charge is 0.455 e. The monoisotopic (exact) mass is 853 g/mol. The van der Waals surface area contributed by atoms with Crippen molar-refractivity contribution in [3.05, 3.63) is 192 Å². The average Bonchev–Trinajstić information content (AvgIpc) is 3.94. The van der Waals surface area contributed by atoms with Gasteiger partial charge in [-0.3, -0.25) is 0 Å². The van der Waals surface area contributed by atoms with Gasteiger partial charge in [0.15, 0.2) is 0 Å². The molecule has 2 aromatic heterocycles. The molecule has 2 aliphatic heterocycles. The number of anilines is 6. The SMILES string of the molecule is CC(C)(C)c1ccc(N(c2ccc(C(C)(C)C)cc2)c2ccc3c(c2)B2c4c(cc5c(oc6ccccc65)c4-c4cccc5c6c(n2c45)-c2ccccc2C6(C)C)N3c2ccccc2)cc1. The molecule has 0 amide bonds. The lowest BCUT2D eigenvalue weighted by Crippen LogP contribution is -2.57. The lowest BCUT2D eigenvalue weighted by atomic mass is 9.44. The molecule has 4 heterocycles. The fourth-order valence-corrected chi connectivity index (χ4v) is 11.9. The molecule has 0 bridgehead atoms. The molecule has 10 aromatic rings. The minimum absolute atomic E-state index is 0.0353.